The number of nitrogen functional groups attached to an aromatic ring is 1. The Labute approximate surface area is 171 Å². The number of halogens is 1. The molecule has 2 amide bonds. The molecule has 9 nitrogen and oxygen atoms in total. The molecular formula is C19H19ClN6O3. The van der Waals surface area contributed by atoms with Crippen molar-refractivity contribution in [1.29, 1.82) is 0 Å². The number of nitrogens with one attached hydrogen (secondary N) is 2. The number of carbonyl (C=O) groups excluding carboxylic acids is 2. The number of anilines is 2. The van der Waals surface area contributed by atoms with E-state index >= 15 is 0 Å². The molecule has 150 valence electrons. The van der Waals surface area contributed by atoms with Crippen LogP contribution in [0, 0.1) is 0 Å². The number of hydrogen-bond donors (Lipinski definition) is 3. The van der Waals surface area contributed by atoms with Gasteiger partial charge in [-0.3, -0.25) is 9.59 Å². The van der Waals surface area contributed by atoms with Crippen LogP contribution < -0.4 is 21.1 Å². The molecule has 4 N–H and O–H groups in total. The predicted octanol–water partition coefficient (Wildman–Crippen LogP) is 2.09. The zero-order valence-corrected chi connectivity index (χ0v) is 16.3. The smallest absolute Gasteiger partial charge is 0.275 e. The summed E-state index contributed by atoms with van der Waals surface area (Å²) in [5, 5.41) is 13.5. The number of ether oxygens (including phenoxy) is 1. The molecule has 0 atom stereocenters. The number of methoxy groups -OCH3 is 1. The van der Waals surface area contributed by atoms with Gasteiger partial charge in [0.1, 0.15) is 12.3 Å². The van der Waals surface area contributed by atoms with Crippen LogP contribution in [-0.4, -0.2) is 33.9 Å². The van der Waals surface area contributed by atoms with Gasteiger partial charge in [-0.05, 0) is 35.9 Å². The molecule has 2 aromatic carbocycles. The Hall–Kier alpha value is -3.59. The highest BCUT2D eigenvalue weighted by Crippen LogP contribution is 2.16. The fraction of sp³-hybridized carbons (Fsp3) is 0.158. The predicted molar refractivity (Wildman–Crippen MR) is 109 cm³/mol. The number of aromatic nitrogens is 3. The van der Waals surface area contributed by atoms with Crippen molar-refractivity contribution >= 4 is 34.9 Å². The normalized spacial score (nSPS) is 10.4. The fourth-order valence-corrected chi connectivity index (χ4v) is 2.71. The third-order valence-electron chi connectivity index (χ3n) is 4.05. The van der Waals surface area contributed by atoms with Crippen LogP contribution in [0.4, 0.5) is 11.5 Å². The minimum atomic E-state index is -0.510. The van der Waals surface area contributed by atoms with E-state index < -0.39 is 5.91 Å². The third-order valence-corrected chi connectivity index (χ3v) is 4.42. The summed E-state index contributed by atoms with van der Waals surface area (Å²) in [6.07, 6.45) is 0. The second-order valence-corrected chi connectivity index (χ2v) is 6.44. The van der Waals surface area contributed by atoms with Crippen LogP contribution in [0.2, 0.25) is 5.02 Å². The first-order valence-corrected chi connectivity index (χ1v) is 9.00. The maximum Gasteiger partial charge on any atom is 0.275 e. The SMILES string of the molecule is COc1ccc(NC(=O)Cn2nnc(C(=O)NCc3ccccc3Cl)c2N)cc1. The van der Waals surface area contributed by atoms with Crippen molar-refractivity contribution in [2.45, 2.75) is 13.1 Å². The summed E-state index contributed by atoms with van der Waals surface area (Å²) < 4.78 is 6.22. The fourth-order valence-electron chi connectivity index (χ4n) is 2.51. The molecule has 0 bridgehead atoms. The maximum atomic E-state index is 12.3. The Morgan fingerprint density at radius 1 is 1.17 bits per heavy atom. The topological polar surface area (TPSA) is 124 Å². The molecule has 0 saturated heterocycles. The van der Waals surface area contributed by atoms with Gasteiger partial charge in [-0.1, -0.05) is 35.0 Å². The number of nitrogens with zero attached hydrogens (tertiary/aromatic N) is 3. The Morgan fingerprint density at radius 2 is 1.90 bits per heavy atom. The van der Waals surface area contributed by atoms with Gasteiger partial charge >= 0.3 is 0 Å². The highest BCUT2D eigenvalue weighted by atomic mass is 35.5. The van der Waals surface area contributed by atoms with E-state index in [1.807, 2.05) is 6.07 Å². The highest BCUT2D eigenvalue weighted by molar-refractivity contribution is 6.31. The first kappa shape index (κ1) is 20.2. The number of rotatable bonds is 7. The minimum Gasteiger partial charge on any atom is -0.497 e. The summed E-state index contributed by atoms with van der Waals surface area (Å²) in [4.78, 5) is 24.6. The second-order valence-electron chi connectivity index (χ2n) is 6.03. The Morgan fingerprint density at radius 3 is 2.59 bits per heavy atom. The molecule has 0 aliphatic carbocycles. The standard InChI is InChI=1S/C19H19ClN6O3/c1-29-14-8-6-13(7-9-14)23-16(27)11-26-18(21)17(24-25-26)19(28)22-10-12-4-2-3-5-15(12)20/h2-9H,10-11,21H2,1H3,(H,22,28)(H,23,27). The quantitative estimate of drug-likeness (QED) is 0.543. The van der Waals surface area contributed by atoms with Crippen LogP contribution >= 0.6 is 11.6 Å². The molecule has 0 aliphatic heterocycles. The van der Waals surface area contributed by atoms with E-state index in [1.54, 1.807) is 49.6 Å². The number of carbonyl (C=O) groups is 2. The molecule has 10 heteroatoms. The summed E-state index contributed by atoms with van der Waals surface area (Å²) in [6, 6.07) is 14.0. The molecule has 0 unspecified atom stereocenters. The van der Waals surface area contributed by atoms with Gasteiger partial charge in [-0.15, -0.1) is 5.10 Å². The summed E-state index contributed by atoms with van der Waals surface area (Å²) in [5.41, 5.74) is 7.22. The zero-order valence-electron chi connectivity index (χ0n) is 15.6. The average Bonchev–Trinajstić information content (AvgIpc) is 3.08. The molecule has 0 spiro atoms. The number of nitrogens with two attached hydrogens (primary N) is 1. The van der Waals surface area contributed by atoms with Gasteiger partial charge in [0.2, 0.25) is 5.91 Å². The molecule has 1 aromatic heterocycles. The summed E-state index contributed by atoms with van der Waals surface area (Å²) in [6.45, 7) is 0.0193. The van der Waals surface area contributed by atoms with Gasteiger partial charge in [0, 0.05) is 17.3 Å². The number of amides is 2. The van der Waals surface area contributed by atoms with Crippen molar-refractivity contribution < 1.29 is 14.3 Å². The summed E-state index contributed by atoms with van der Waals surface area (Å²) in [5.74, 6) is -0.207. The van der Waals surface area contributed by atoms with Crippen LogP contribution in [0.3, 0.4) is 0 Å². The lowest BCUT2D eigenvalue weighted by Crippen LogP contribution is -2.25. The van der Waals surface area contributed by atoms with Gasteiger partial charge < -0.3 is 21.1 Å². The molecule has 0 saturated carbocycles. The van der Waals surface area contributed by atoms with E-state index in [0.717, 1.165) is 10.2 Å². The van der Waals surface area contributed by atoms with Crippen LogP contribution in [0.1, 0.15) is 16.1 Å². The van der Waals surface area contributed by atoms with Crippen LogP contribution in [-0.2, 0) is 17.9 Å². The molecule has 0 fully saturated rings. The van der Waals surface area contributed by atoms with Gasteiger partial charge in [-0.2, -0.15) is 0 Å². The summed E-state index contributed by atoms with van der Waals surface area (Å²) >= 11 is 6.07. The Bertz CT molecular complexity index is 1020. The molecular weight excluding hydrogens is 396 g/mol. The largest absolute Gasteiger partial charge is 0.497 e. The second kappa shape index (κ2) is 9.07. The van der Waals surface area contributed by atoms with Crippen molar-refractivity contribution in [2.75, 3.05) is 18.2 Å². The van der Waals surface area contributed by atoms with Gasteiger partial charge in [0.15, 0.2) is 11.5 Å². The number of benzene rings is 2. The monoisotopic (exact) mass is 414 g/mol. The lowest BCUT2D eigenvalue weighted by Gasteiger charge is -2.07. The van der Waals surface area contributed by atoms with E-state index in [2.05, 4.69) is 20.9 Å². The first-order valence-electron chi connectivity index (χ1n) is 8.62. The van der Waals surface area contributed by atoms with Crippen LogP contribution in [0.15, 0.2) is 48.5 Å². The zero-order chi connectivity index (χ0) is 20.8. The molecule has 0 radical (unpaired) electrons. The van der Waals surface area contributed by atoms with Crippen LogP contribution in [0.5, 0.6) is 5.75 Å². The molecule has 1 heterocycles. The van der Waals surface area contributed by atoms with Crippen molar-refractivity contribution in [2.24, 2.45) is 0 Å². The minimum absolute atomic E-state index is 0.00783. The Kier molecular flexibility index (Phi) is 6.30. The number of hydrogen-bond acceptors (Lipinski definition) is 6. The van der Waals surface area contributed by atoms with E-state index in [1.165, 1.54) is 0 Å². The molecule has 3 rings (SSSR count). The lowest BCUT2D eigenvalue weighted by molar-refractivity contribution is -0.116. The van der Waals surface area contributed by atoms with E-state index in [-0.39, 0.29) is 30.5 Å². The molecule has 3 aromatic rings. The lowest BCUT2D eigenvalue weighted by atomic mass is 10.2. The van der Waals surface area contributed by atoms with Crippen molar-refractivity contribution in [3.05, 3.63) is 64.8 Å². The average molecular weight is 415 g/mol. The Balaban J connectivity index is 1.59. The van der Waals surface area contributed by atoms with Crippen molar-refractivity contribution in [1.82, 2.24) is 20.3 Å². The van der Waals surface area contributed by atoms with E-state index in [4.69, 9.17) is 22.1 Å². The van der Waals surface area contributed by atoms with Crippen molar-refractivity contribution in [3.8, 4) is 5.75 Å². The molecule has 29 heavy (non-hydrogen) atoms. The van der Waals surface area contributed by atoms with E-state index in [0.29, 0.717) is 16.5 Å². The third kappa shape index (κ3) is 5.02. The first-order chi connectivity index (χ1) is 14.0. The van der Waals surface area contributed by atoms with Gasteiger partial charge in [0.05, 0.1) is 7.11 Å². The van der Waals surface area contributed by atoms with Gasteiger partial charge in [0.25, 0.3) is 5.91 Å². The van der Waals surface area contributed by atoms with Gasteiger partial charge in [-0.25, -0.2) is 4.68 Å². The highest BCUT2D eigenvalue weighted by Gasteiger charge is 2.19. The summed E-state index contributed by atoms with van der Waals surface area (Å²) in [7, 11) is 1.56. The van der Waals surface area contributed by atoms with E-state index in [9.17, 15) is 9.59 Å². The molecule has 0 aliphatic rings. The van der Waals surface area contributed by atoms with Crippen LogP contribution in [0.25, 0.3) is 0 Å². The van der Waals surface area contributed by atoms with Crippen molar-refractivity contribution in [3.63, 3.8) is 0 Å². The maximum absolute atomic E-state index is 12.3.